The van der Waals surface area contributed by atoms with E-state index in [1.54, 1.807) is 13.0 Å². The Morgan fingerprint density at radius 2 is 1.88 bits per heavy atom. The lowest BCUT2D eigenvalue weighted by atomic mass is 9.45. The lowest BCUT2D eigenvalue weighted by Gasteiger charge is -2.62. The fourth-order valence-corrected chi connectivity index (χ4v) is 6.75. The molecule has 4 aliphatic rings. The van der Waals surface area contributed by atoms with Crippen molar-refractivity contribution in [3.63, 3.8) is 0 Å². The van der Waals surface area contributed by atoms with Gasteiger partial charge >= 0.3 is 11.9 Å². The van der Waals surface area contributed by atoms with Gasteiger partial charge in [-0.1, -0.05) is 24.6 Å². The van der Waals surface area contributed by atoms with Gasteiger partial charge in [-0.05, 0) is 50.7 Å². The third-order valence-electron chi connectivity index (χ3n) is 8.21. The zero-order chi connectivity index (χ0) is 23.5. The molecule has 2 fully saturated rings. The molecule has 0 radical (unpaired) electrons. The van der Waals surface area contributed by atoms with Gasteiger partial charge in [-0.15, -0.1) is 0 Å². The molecule has 2 saturated carbocycles. The van der Waals surface area contributed by atoms with Crippen LogP contribution in [-0.2, 0) is 28.7 Å². The molecule has 0 aromatic heterocycles. The van der Waals surface area contributed by atoms with Gasteiger partial charge < -0.3 is 9.47 Å². The van der Waals surface area contributed by atoms with Gasteiger partial charge in [0.15, 0.2) is 23.8 Å². The SMILES string of the molecule is CC(=O)OCC(=O)C1=CC[C@@H]2[C@@H]3CCC4=CC(=O)C=C[C@]4(C)[C@@]3(F)[C@@H](OC(C)=O)C[C@]12C. The summed E-state index contributed by atoms with van der Waals surface area (Å²) in [6.45, 7) is 5.84. The molecule has 0 unspecified atom stereocenters. The summed E-state index contributed by atoms with van der Waals surface area (Å²) in [5.41, 5.74) is -2.45. The first-order valence-corrected chi connectivity index (χ1v) is 11.1. The molecule has 4 aliphatic carbocycles. The molecular formula is C25H29FO6. The predicted octanol–water partition coefficient (Wildman–Crippen LogP) is 3.60. The number of carbonyl (C=O) groups excluding carboxylic acids is 4. The van der Waals surface area contributed by atoms with Gasteiger partial charge in [-0.25, -0.2) is 4.39 Å². The zero-order valence-electron chi connectivity index (χ0n) is 18.9. The summed E-state index contributed by atoms with van der Waals surface area (Å²) in [6.07, 6.45) is 7.03. The number of ether oxygens (including phenoxy) is 2. The first kappa shape index (κ1) is 22.6. The number of fused-ring (bicyclic) bond motifs is 5. The van der Waals surface area contributed by atoms with E-state index in [4.69, 9.17) is 9.47 Å². The van der Waals surface area contributed by atoms with Gasteiger partial charge in [0.25, 0.3) is 0 Å². The molecule has 0 spiro atoms. The van der Waals surface area contributed by atoms with E-state index in [2.05, 4.69) is 0 Å². The van der Waals surface area contributed by atoms with Crippen LogP contribution in [0.5, 0.6) is 0 Å². The third kappa shape index (κ3) is 3.11. The van der Waals surface area contributed by atoms with Gasteiger partial charge in [-0.3, -0.25) is 19.2 Å². The van der Waals surface area contributed by atoms with E-state index in [-0.39, 0.29) is 30.5 Å². The highest BCUT2D eigenvalue weighted by atomic mass is 19.1. The van der Waals surface area contributed by atoms with Crippen molar-refractivity contribution in [3.8, 4) is 0 Å². The predicted molar refractivity (Wildman–Crippen MR) is 113 cm³/mol. The van der Waals surface area contributed by atoms with Crippen LogP contribution in [-0.4, -0.2) is 41.9 Å². The van der Waals surface area contributed by atoms with Crippen LogP contribution in [0.25, 0.3) is 0 Å². The minimum Gasteiger partial charge on any atom is -0.459 e. The number of alkyl halides is 1. The Morgan fingerprint density at radius 3 is 2.53 bits per heavy atom. The molecule has 32 heavy (non-hydrogen) atoms. The number of rotatable bonds is 4. The number of esters is 2. The first-order valence-electron chi connectivity index (χ1n) is 11.1. The largest absolute Gasteiger partial charge is 0.459 e. The van der Waals surface area contributed by atoms with Crippen molar-refractivity contribution in [2.45, 2.75) is 65.2 Å². The Labute approximate surface area is 186 Å². The van der Waals surface area contributed by atoms with E-state index in [9.17, 15) is 19.2 Å². The summed E-state index contributed by atoms with van der Waals surface area (Å²) in [7, 11) is 0. The van der Waals surface area contributed by atoms with Crippen LogP contribution in [0.4, 0.5) is 4.39 Å². The molecule has 4 rings (SSSR count). The van der Waals surface area contributed by atoms with Crippen LogP contribution in [0.2, 0.25) is 0 Å². The van der Waals surface area contributed by atoms with E-state index in [0.717, 1.165) is 5.57 Å². The highest BCUT2D eigenvalue weighted by molar-refractivity contribution is 6.01. The Bertz CT molecular complexity index is 992. The van der Waals surface area contributed by atoms with Crippen molar-refractivity contribution in [2.75, 3.05) is 6.61 Å². The molecule has 0 saturated heterocycles. The van der Waals surface area contributed by atoms with Crippen LogP contribution >= 0.6 is 0 Å². The Balaban J connectivity index is 1.76. The minimum absolute atomic E-state index is 0.145. The summed E-state index contributed by atoms with van der Waals surface area (Å²) < 4.78 is 28.0. The maximum Gasteiger partial charge on any atom is 0.303 e. The highest BCUT2D eigenvalue weighted by Gasteiger charge is 2.71. The number of hydrogen-bond acceptors (Lipinski definition) is 6. The maximum absolute atomic E-state index is 17.4. The average molecular weight is 444 g/mol. The van der Waals surface area contributed by atoms with Crippen molar-refractivity contribution in [2.24, 2.45) is 22.7 Å². The lowest BCUT2D eigenvalue weighted by Crippen LogP contribution is -2.67. The normalized spacial score (nSPS) is 39.8. The second-order valence-electron chi connectivity index (χ2n) is 9.90. The summed E-state index contributed by atoms with van der Waals surface area (Å²) in [4.78, 5) is 48.1. The summed E-state index contributed by atoms with van der Waals surface area (Å²) >= 11 is 0. The second-order valence-corrected chi connectivity index (χ2v) is 9.90. The van der Waals surface area contributed by atoms with Crippen LogP contribution in [0, 0.1) is 22.7 Å². The minimum atomic E-state index is -1.91. The van der Waals surface area contributed by atoms with E-state index < -0.39 is 40.5 Å². The fourth-order valence-electron chi connectivity index (χ4n) is 6.75. The Kier molecular flexibility index (Phi) is 5.30. The molecule has 7 heteroatoms. The number of Topliss-reactive ketones (excluding diaryl/α,β-unsaturated/α-hetero) is 1. The van der Waals surface area contributed by atoms with Gasteiger partial charge in [-0.2, -0.15) is 0 Å². The fraction of sp³-hybridized carbons (Fsp3) is 0.600. The highest BCUT2D eigenvalue weighted by Crippen LogP contribution is 2.68. The van der Waals surface area contributed by atoms with E-state index in [1.807, 2.05) is 13.0 Å². The molecule has 172 valence electrons. The number of ketones is 2. The quantitative estimate of drug-likeness (QED) is 0.616. The van der Waals surface area contributed by atoms with Gasteiger partial charge in [0.2, 0.25) is 0 Å². The molecule has 0 bridgehead atoms. The summed E-state index contributed by atoms with van der Waals surface area (Å²) in [5, 5.41) is 0. The van der Waals surface area contributed by atoms with Gasteiger partial charge in [0.05, 0.1) is 0 Å². The van der Waals surface area contributed by atoms with Crippen molar-refractivity contribution < 1.29 is 33.0 Å². The Hall–Kier alpha value is -2.57. The lowest BCUT2D eigenvalue weighted by molar-refractivity contribution is -0.206. The van der Waals surface area contributed by atoms with Gasteiger partial charge in [0.1, 0.15) is 6.10 Å². The first-order chi connectivity index (χ1) is 14.9. The second kappa shape index (κ2) is 7.49. The molecular weight excluding hydrogens is 415 g/mol. The topological polar surface area (TPSA) is 86.7 Å². The third-order valence-corrected chi connectivity index (χ3v) is 8.21. The number of allylic oxidation sites excluding steroid dienone is 5. The zero-order valence-corrected chi connectivity index (χ0v) is 18.9. The summed E-state index contributed by atoms with van der Waals surface area (Å²) in [5.74, 6) is -2.23. The van der Waals surface area contributed by atoms with Crippen LogP contribution in [0.1, 0.15) is 53.4 Å². The van der Waals surface area contributed by atoms with E-state index in [0.29, 0.717) is 24.8 Å². The van der Waals surface area contributed by atoms with Gasteiger partial charge in [0, 0.05) is 36.2 Å². The van der Waals surface area contributed by atoms with Crippen LogP contribution < -0.4 is 0 Å². The van der Waals surface area contributed by atoms with Crippen molar-refractivity contribution in [1.29, 1.82) is 0 Å². The summed E-state index contributed by atoms with van der Waals surface area (Å²) in [6, 6.07) is 0. The van der Waals surface area contributed by atoms with Crippen molar-refractivity contribution in [3.05, 3.63) is 35.5 Å². The molecule has 6 nitrogen and oxygen atoms in total. The van der Waals surface area contributed by atoms with E-state index >= 15 is 4.39 Å². The molecule has 0 aromatic rings. The standard InChI is InChI=1S/C25H29FO6/c1-14(27)31-13-21(30)20-8-7-18-19-6-5-16-11-17(29)9-10-24(16,4)25(19,26)22(32-15(2)28)12-23(18,20)3/h8-11,18-19,22H,5-7,12-13H2,1-4H3/t18-,19+,22+,23+,24+,25+/m1/s1. The molecule has 0 N–H and O–H groups in total. The number of halogens is 1. The van der Waals surface area contributed by atoms with E-state index in [1.165, 1.54) is 26.0 Å². The molecule has 6 atom stereocenters. The van der Waals surface area contributed by atoms with Crippen LogP contribution in [0.3, 0.4) is 0 Å². The molecule has 0 amide bonds. The molecule has 0 aliphatic heterocycles. The smallest absolute Gasteiger partial charge is 0.303 e. The molecule has 0 aromatic carbocycles. The number of hydrogen-bond donors (Lipinski definition) is 0. The van der Waals surface area contributed by atoms with Crippen LogP contribution in [0.15, 0.2) is 35.5 Å². The van der Waals surface area contributed by atoms with Crippen molar-refractivity contribution in [1.82, 2.24) is 0 Å². The molecule has 0 heterocycles. The maximum atomic E-state index is 17.4. The monoisotopic (exact) mass is 444 g/mol. The average Bonchev–Trinajstić information content (AvgIpc) is 3.04. The Morgan fingerprint density at radius 1 is 1.16 bits per heavy atom. The number of carbonyl (C=O) groups is 4. The van der Waals surface area contributed by atoms with Crippen molar-refractivity contribution >= 4 is 23.5 Å².